The van der Waals surface area contributed by atoms with Crippen molar-refractivity contribution >= 4 is 29.1 Å². The highest BCUT2D eigenvalue weighted by Gasteiger charge is 2.32. The first-order valence-electron chi connectivity index (χ1n) is 11.7. The van der Waals surface area contributed by atoms with Gasteiger partial charge in [-0.05, 0) is 37.1 Å². The Labute approximate surface area is 189 Å². The Hall–Kier alpha value is -1.93. The second kappa shape index (κ2) is 10.6. The van der Waals surface area contributed by atoms with Crippen LogP contribution in [0.1, 0.15) is 48.2 Å². The Morgan fingerprint density at radius 1 is 0.806 bits per heavy atom. The molecule has 0 saturated carbocycles. The van der Waals surface area contributed by atoms with Gasteiger partial charge in [0, 0.05) is 58.3 Å². The van der Waals surface area contributed by atoms with E-state index >= 15 is 0 Å². The highest BCUT2D eigenvalue weighted by Crippen LogP contribution is 2.23. The van der Waals surface area contributed by atoms with Gasteiger partial charge in [0.05, 0.1) is 11.4 Å². The predicted octanol–water partition coefficient (Wildman–Crippen LogP) is 2.15. The molecule has 1 aromatic rings. The quantitative estimate of drug-likeness (QED) is 0.711. The van der Waals surface area contributed by atoms with Gasteiger partial charge in [-0.3, -0.25) is 19.3 Å². The number of rotatable bonds is 4. The molecule has 1 aromatic heterocycles. The summed E-state index contributed by atoms with van der Waals surface area (Å²) in [6.07, 6.45) is 6.17. The zero-order valence-electron chi connectivity index (χ0n) is 18.3. The Bertz CT molecular complexity index is 745. The Balaban J connectivity index is 1.19. The van der Waals surface area contributed by atoms with Crippen LogP contribution in [0.2, 0.25) is 0 Å². The molecule has 0 radical (unpaired) electrons. The molecule has 0 spiro atoms. The molecule has 0 aliphatic carbocycles. The highest BCUT2D eigenvalue weighted by atomic mass is 32.1. The molecule has 7 nitrogen and oxygen atoms in total. The van der Waals surface area contributed by atoms with E-state index in [9.17, 15) is 14.4 Å². The van der Waals surface area contributed by atoms with E-state index in [1.54, 1.807) is 0 Å². The average molecular weight is 447 g/mol. The Morgan fingerprint density at radius 3 is 2.10 bits per heavy atom. The van der Waals surface area contributed by atoms with Crippen molar-refractivity contribution in [2.24, 2.45) is 5.92 Å². The Kier molecular flexibility index (Phi) is 7.61. The molecule has 3 aliphatic rings. The monoisotopic (exact) mass is 446 g/mol. The number of hydrogen-bond acceptors (Lipinski definition) is 5. The molecule has 3 saturated heterocycles. The van der Waals surface area contributed by atoms with Gasteiger partial charge < -0.3 is 14.7 Å². The normalized spacial score (nSPS) is 21.7. The maximum atomic E-state index is 13.0. The number of carbonyl (C=O) groups is 3. The lowest BCUT2D eigenvalue weighted by Crippen LogP contribution is -2.53. The number of piperidine rings is 1. The van der Waals surface area contributed by atoms with E-state index in [0.29, 0.717) is 32.7 Å². The summed E-state index contributed by atoms with van der Waals surface area (Å²) in [5.41, 5.74) is 0. The smallest absolute Gasteiger partial charge is 0.263 e. The zero-order chi connectivity index (χ0) is 21.6. The number of hydrogen-bond donors (Lipinski definition) is 0. The molecule has 3 fully saturated rings. The van der Waals surface area contributed by atoms with Crippen molar-refractivity contribution in [2.45, 2.75) is 38.5 Å². The summed E-state index contributed by atoms with van der Waals surface area (Å²) < 4.78 is 0. The lowest BCUT2D eigenvalue weighted by atomic mass is 9.95. The number of piperazine rings is 1. The summed E-state index contributed by atoms with van der Waals surface area (Å²) in [6.45, 7) is 6.49. The molecular formula is C23H34N4O3S. The second-order valence-corrected chi connectivity index (χ2v) is 9.89. The number of thiophene rings is 1. The van der Waals surface area contributed by atoms with Crippen LogP contribution in [0.15, 0.2) is 17.5 Å². The SMILES string of the molecule is O=C(CN1CCN(C(=O)C2CCN(C(=O)c3cccs3)CC2)CC1)N1CCCCCC1. The van der Waals surface area contributed by atoms with Crippen molar-refractivity contribution in [3.8, 4) is 0 Å². The highest BCUT2D eigenvalue weighted by molar-refractivity contribution is 7.12. The van der Waals surface area contributed by atoms with Crippen LogP contribution in [0.4, 0.5) is 0 Å². The van der Waals surface area contributed by atoms with Crippen LogP contribution in [0.3, 0.4) is 0 Å². The number of amides is 3. The van der Waals surface area contributed by atoms with E-state index in [1.807, 2.05) is 32.2 Å². The van der Waals surface area contributed by atoms with E-state index < -0.39 is 0 Å². The molecule has 170 valence electrons. The summed E-state index contributed by atoms with van der Waals surface area (Å²) in [6, 6.07) is 3.76. The van der Waals surface area contributed by atoms with Crippen molar-refractivity contribution in [1.82, 2.24) is 19.6 Å². The summed E-state index contributed by atoms with van der Waals surface area (Å²) >= 11 is 1.47. The van der Waals surface area contributed by atoms with E-state index in [-0.39, 0.29) is 23.6 Å². The van der Waals surface area contributed by atoms with Gasteiger partial charge in [0.15, 0.2) is 0 Å². The van der Waals surface area contributed by atoms with Gasteiger partial charge in [0.1, 0.15) is 0 Å². The fourth-order valence-corrected chi connectivity index (χ4v) is 5.57. The summed E-state index contributed by atoms with van der Waals surface area (Å²) in [5.74, 6) is 0.562. The van der Waals surface area contributed by atoms with Crippen molar-refractivity contribution in [2.75, 3.05) is 58.9 Å². The first-order valence-corrected chi connectivity index (χ1v) is 12.6. The van der Waals surface area contributed by atoms with Crippen molar-refractivity contribution in [1.29, 1.82) is 0 Å². The van der Waals surface area contributed by atoms with Gasteiger partial charge in [0.2, 0.25) is 11.8 Å². The van der Waals surface area contributed by atoms with Crippen LogP contribution in [0.25, 0.3) is 0 Å². The van der Waals surface area contributed by atoms with Crippen molar-refractivity contribution < 1.29 is 14.4 Å². The van der Waals surface area contributed by atoms with Gasteiger partial charge in [0.25, 0.3) is 5.91 Å². The minimum absolute atomic E-state index is 0.0117. The van der Waals surface area contributed by atoms with E-state index in [2.05, 4.69) is 4.90 Å². The van der Waals surface area contributed by atoms with Crippen LogP contribution in [0, 0.1) is 5.92 Å². The second-order valence-electron chi connectivity index (χ2n) is 8.94. The molecule has 0 bridgehead atoms. The fourth-order valence-electron chi connectivity index (χ4n) is 4.88. The zero-order valence-corrected chi connectivity index (χ0v) is 19.2. The molecule has 0 aromatic carbocycles. The van der Waals surface area contributed by atoms with Crippen LogP contribution < -0.4 is 0 Å². The summed E-state index contributed by atoms with van der Waals surface area (Å²) in [5, 5.41) is 1.92. The molecule has 4 rings (SSSR count). The number of likely N-dealkylation sites (tertiary alicyclic amines) is 2. The molecule has 0 N–H and O–H groups in total. The van der Waals surface area contributed by atoms with Gasteiger partial charge in [-0.15, -0.1) is 11.3 Å². The lowest BCUT2D eigenvalue weighted by molar-refractivity contribution is -0.139. The first kappa shape index (κ1) is 22.3. The van der Waals surface area contributed by atoms with Gasteiger partial charge >= 0.3 is 0 Å². The maximum Gasteiger partial charge on any atom is 0.263 e. The minimum Gasteiger partial charge on any atom is -0.342 e. The molecule has 8 heteroatoms. The molecule has 3 amide bonds. The molecule has 4 heterocycles. The van der Waals surface area contributed by atoms with Gasteiger partial charge in [-0.1, -0.05) is 18.9 Å². The fraction of sp³-hybridized carbons (Fsp3) is 0.696. The summed E-state index contributed by atoms with van der Waals surface area (Å²) in [4.78, 5) is 47.0. The number of nitrogens with zero attached hydrogens (tertiary/aromatic N) is 4. The first-order chi connectivity index (χ1) is 15.1. The molecule has 0 unspecified atom stereocenters. The number of carbonyl (C=O) groups excluding carboxylic acids is 3. The minimum atomic E-state index is 0.0117. The van der Waals surface area contributed by atoms with Gasteiger partial charge in [-0.2, -0.15) is 0 Å². The van der Waals surface area contributed by atoms with Crippen LogP contribution in [0.5, 0.6) is 0 Å². The molecule has 3 aliphatic heterocycles. The largest absolute Gasteiger partial charge is 0.342 e. The molecule has 0 atom stereocenters. The molecular weight excluding hydrogens is 412 g/mol. The third-order valence-corrected chi connectivity index (χ3v) is 7.72. The third kappa shape index (κ3) is 5.66. The maximum absolute atomic E-state index is 13.0. The van der Waals surface area contributed by atoms with Gasteiger partial charge in [-0.25, -0.2) is 0 Å². The topological polar surface area (TPSA) is 64.2 Å². The molecule has 31 heavy (non-hydrogen) atoms. The third-order valence-electron chi connectivity index (χ3n) is 6.86. The van der Waals surface area contributed by atoms with Crippen LogP contribution in [-0.4, -0.2) is 96.2 Å². The van der Waals surface area contributed by atoms with Crippen LogP contribution >= 0.6 is 11.3 Å². The van der Waals surface area contributed by atoms with E-state index in [1.165, 1.54) is 24.2 Å². The summed E-state index contributed by atoms with van der Waals surface area (Å²) in [7, 11) is 0. The lowest BCUT2D eigenvalue weighted by Gasteiger charge is -2.38. The van der Waals surface area contributed by atoms with E-state index in [4.69, 9.17) is 0 Å². The predicted molar refractivity (Wildman–Crippen MR) is 121 cm³/mol. The van der Waals surface area contributed by atoms with Crippen molar-refractivity contribution in [3.05, 3.63) is 22.4 Å². The Morgan fingerprint density at radius 2 is 1.48 bits per heavy atom. The van der Waals surface area contributed by atoms with E-state index in [0.717, 1.165) is 56.7 Å². The van der Waals surface area contributed by atoms with Crippen LogP contribution in [-0.2, 0) is 9.59 Å². The van der Waals surface area contributed by atoms with Crippen molar-refractivity contribution in [3.63, 3.8) is 0 Å². The average Bonchev–Trinajstić information content (AvgIpc) is 3.21. The standard InChI is InChI=1S/C23H34N4O3S/c28-21(25-9-3-1-2-4-10-25)18-24-13-15-27(16-14-24)22(29)19-7-11-26(12-8-19)23(30)20-6-5-17-31-20/h5-6,17,19H,1-4,7-16,18H2.